The number of carbonyl (C=O) groups is 3. The van der Waals surface area contributed by atoms with Gasteiger partial charge in [-0.2, -0.15) is 4.98 Å². The third kappa shape index (κ3) is 5.99. The summed E-state index contributed by atoms with van der Waals surface area (Å²) in [4.78, 5) is 44.0. The van der Waals surface area contributed by atoms with Crippen LogP contribution in [0, 0.1) is 0 Å². The van der Waals surface area contributed by atoms with Crippen molar-refractivity contribution in [3.8, 4) is 0 Å². The number of hydrogen-bond acceptors (Lipinski definition) is 8. The lowest BCUT2D eigenvalue weighted by molar-refractivity contribution is -0.134. The number of amides is 1. The van der Waals surface area contributed by atoms with Crippen molar-refractivity contribution in [3.05, 3.63) is 23.9 Å². The number of carbonyl (C=O) groups excluding carboxylic acids is 1. The number of nitrogens with one attached hydrogen (secondary N) is 1. The summed E-state index contributed by atoms with van der Waals surface area (Å²) in [6.07, 6.45) is 3.29. The van der Waals surface area contributed by atoms with Gasteiger partial charge in [-0.05, 0) is 0 Å². The minimum absolute atomic E-state index is 0.0730. The van der Waals surface area contributed by atoms with Gasteiger partial charge in [0.05, 0.1) is 19.6 Å². The Morgan fingerprint density at radius 2 is 1.89 bits per heavy atom. The molecule has 0 aliphatic carbocycles. The monoisotopic (exact) mass is 393 g/mol. The molecule has 1 saturated heterocycles. The molecule has 3 rings (SSSR count). The van der Waals surface area contributed by atoms with Crippen molar-refractivity contribution < 1.29 is 29.3 Å². The van der Waals surface area contributed by atoms with Crippen LogP contribution in [0.4, 0.5) is 11.8 Å². The number of anilines is 2. The zero-order chi connectivity index (χ0) is 20.5. The number of rotatable bonds is 6. The second-order valence-corrected chi connectivity index (χ2v) is 5.98. The van der Waals surface area contributed by atoms with E-state index in [0.29, 0.717) is 37.7 Å². The Hall–Kier alpha value is -3.05. The molecule has 1 fully saturated rings. The smallest absolute Gasteiger partial charge is 0.328 e. The van der Waals surface area contributed by atoms with Crippen LogP contribution in [0.1, 0.15) is 5.56 Å². The van der Waals surface area contributed by atoms with Crippen molar-refractivity contribution in [1.82, 2.24) is 15.3 Å². The van der Waals surface area contributed by atoms with E-state index >= 15 is 0 Å². The molecule has 11 heteroatoms. The molecule has 0 aromatic carbocycles. The van der Waals surface area contributed by atoms with Crippen molar-refractivity contribution in [2.75, 3.05) is 56.2 Å². The molecular weight excluding hydrogens is 370 g/mol. The molecule has 28 heavy (non-hydrogen) atoms. The van der Waals surface area contributed by atoms with Gasteiger partial charge >= 0.3 is 11.9 Å². The van der Waals surface area contributed by atoms with Gasteiger partial charge < -0.3 is 25.2 Å². The van der Waals surface area contributed by atoms with Crippen LogP contribution in [0.25, 0.3) is 0 Å². The van der Waals surface area contributed by atoms with Crippen LogP contribution < -0.4 is 15.1 Å². The van der Waals surface area contributed by atoms with Crippen LogP contribution >= 0.6 is 0 Å². The van der Waals surface area contributed by atoms with Gasteiger partial charge in [-0.3, -0.25) is 9.69 Å². The Morgan fingerprint density at radius 3 is 2.46 bits per heavy atom. The highest BCUT2D eigenvalue weighted by Crippen LogP contribution is 2.27. The van der Waals surface area contributed by atoms with Gasteiger partial charge in [-0.15, -0.1) is 0 Å². The van der Waals surface area contributed by atoms with E-state index in [0.717, 1.165) is 37.6 Å². The summed E-state index contributed by atoms with van der Waals surface area (Å²) in [5.41, 5.74) is 0.907. The molecule has 3 heterocycles. The first-order valence-electron chi connectivity index (χ1n) is 8.67. The molecule has 0 radical (unpaired) electrons. The average molecular weight is 393 g/mol. The maximum atomic E-state index is 12.0. The van der Waals surface area contributed by atoms with E-state index in [4.69, 9.17) is 14.9 Å². The fraction of sp³-hybridized carbons (Fsp3) is 0.471. The van der Waals surface area contributed by atoms with Crippen LogP contribution in [0.3, 0.4) is 0 Å². The first-order valence-corrected chi connectivity index (χ1v) is 8.67. The second kappa shape index (κ2) is 10.3. The van der Waals surface area contributed by atoms with Gasteiger partial charge in [0, 0.05) is 57.2 Å². The molecule has 152 valence electrons. The summed E-state index contributed by atoms with van der Waals surface area (Å²) in [6.45, 7) is 4.72. The van der Waals surface area contributed by atoms with Crippen molar-refractivity contribution in [2.24, 2.45) is 0 Å². The Balaban J connectivity index is 0.000000300. The number of fused-ring (bicyclic) bond motifs is 1. The Bertz CT molecular complexity index is 732. The molecular formula is C17H23N5O6. The van der Waals surface area contributed by atoms with E-state index in [-0.39, 0.29) is 5.91 Å². The maximum absolute atomic E-state index is 12.0. The highest BCUT2D eigenvalue weighted by Gasteiger charge is 2.30. The first kappa shape index (κ1) is 21.3. The molecule has 11 nitrogen and oxygen atoms in total. The molecule has 3 N–H and O–H groups in total. The number of methoxy groups -OCH3 is 1. The summed E-state index contributed by atoms with van der Waals surface area (Å²) >= 11 is 0. The largest absolute Gasteiger partial charge is 0.478 e. The molecule has 0 bridgehead atoms. The number of carboxylic acids is 2. The Labute approximate surface area is 161 Å². The zero-order valence-corrected chi connectivity index (χ0v) is 15.5. The molecule has 0 unspecified atom stereocenters. The lowest BCUT2D eigenvalue weighted by atomic mass is 10.3. The standard InChI is InChI=1S/C13H19N5O2.C4H4O4/c1-20-7-6-18-11(19)8-10-9-15-13(16-12(10)18)17-4-2-14-3-5-17;5-3(6)1-2-4(7)8/h9,14H,2-8H2,1H3;1-2H,(H,5,6)(H,7,8)/b;2-1-. The molecule has 0 atom stereocenters. The van der Waals surface area contributed by atoms with Crippen LogP contribution in [0.15, 0.2) is 18.3 Å². The molecule has 1 aromatic heterocycles. The zero-order valence-electron chi connectivity index (χ0n) is 15.5. The van der Waals surface area contributed by atoms with Crippen LogP contribution in [0.2, 0.25) is 0 Å². The summed E-state index contributed by atoms with van der Waals surface area (Å²) < 4.78 is 5.06. The summed E-state index contributed by atoms with van der Waals surface area (Å²) in [5, 5.41) is 18.9. The Kier molecular flexibility index (Phi) is 7.84. The first-order chi connectivity index (χ1) is 13.4. The van der Waals surface area contributed by atoms with Crippen LogP contribution in [-0.4, -0.2) is 84.5 Å². The van der Waals surface area contributed by atoms with Crippen molar-refractivity contribution >= 4 is 29.6 Å². The number of carboxylic acid groups (broad SMARTS) is 2. The van der Waals surface area contributed by atoms with Gasteiger partial charge in [0.2, 0.25) is 11.9 Å². The number of aliphatic carboxylic acids is 2. The van der Waals surface area contributed by atoms with Gasteiger partial charge in [0.25, 0.3) is 0 Å². The normalized spacial score (nSPS) is 16.0. The van der Waals surface area contributed by atoms with Crippen LogP contribution in [0.5, 0.6) is 0 Å². The van der Waals surface area contributed by atoms with Gasteiger partial charge in [0.1, 0.15) is 5.82 Å². The number of piperazine rings is 1. The van der Waals surface area contributed by atoms with Crippen LogP contribution in [-0.2, 0) is 25.5 Å². The fourth-order valence-electron chi connectivity index (χ4n) is 2.70. The minimum Gasteiger partial charge on any atom is -0.478 e. The third-order valence-corrected chi connectivity index (χ3v) is 4.01. The predicted molar refractivity (Wildman–Crippen MR) is 99.5 cm³/mol. The van der Waals surface area contributed by atoms with E-state index < -0.39 is 11.9 Å². The minimum atomic E-state index is -1.26. The average Bonchev–Trinajstić information content (AvgIpc) is 3.00. The van der Waals surface area contributed by atoms with E-state index in [2.05, 4.69) is 20.2 Å². The molecule has 1 amide bonds. The fourth-order valence-corrected chi connectivity index (χ4v) is 2.70. The van der Waals surface area contributed by atoms with Crippen molar-refractivity contribution in [3.63, 3.8) is 0 Å². The van der Waals surface area contributed by atoms with E-state index in [1.54, 1.807) is 18.2 Å². The molecule has 2 aliphatic heterocycles. The highest BCUT2D eigenvalue weighted by molar-refractivity contribution is 6.00. The molecule has 2 aliphatic rings. The molecule has 0 spiro atoms. The van der Waals surface area contributed by atoms with E-state index in [1.165, 1.54) is 0 Å². The van der Waals surface area contributed by atoms with Gasteiger partial charge in [-0.1, -0.05) is 0 Å². The van der Waals surface area contributed by atoms with Gasteiger partial charge in [0.15, 0.2) is 0 Å². The lowest BCUT2D eigenvalue weighted by Crippen LogP contribution is -2.44. The predicted octanol–water partition coefficient (Wildman–Crippen LogP) is -0.866. The Morgan fingerprint density at radius 1 is 1.25 bits per heavy atom. The molecule has 0 saturated carbocycles. The van der Waals surface area contributed by atoms with E-state index in [1.807, 2.05) is 0 Å². The van der Waals surface area contributed by atoms with Crippen molar-refractivity contribution in [1.29, 1.82) is 0 Å². The number of nitrogens with zero attached hydrogens (tertiary/aromatic N) is 4. The highest BCUT2D eigenvalue weighted by atomic mass is 16.5. The topological polar surface area (TPSA) is 145 Å². The van der Waals surface area contributed by atoms with Gasteiger partial charge in [-0.25, -0.2) is 14.6 Å². The number of hydrogen-bond donors (Lipinski definition) is 3. The third-order valence-electron chi connectivity index (χ3n) is 4.01. The lowest BCUT2D eigenvalue weighted by Gasteiger charge is -2.28. The summed E-state index contributed by atoms with van der Waals surface area (Å²) in [6, 6.07) is 0. The quantitative estimate of drug-likeness (QED) is 0.522. The molecule has 1 aromatic rings. The SMILES string of the molecule is COCCN1C(=O)Cc2cnc(N3CCNCC3)nc21.O=C(O)/C=C\C(=O)O. The second-order valence-electron chi connectivity index (χ2n) is 5.98. The summed E-state index contributed by atoms with van der Waals surface area (Å²) in [7, 11) is 1.63. The summed E-state index contributed by atoms with van der Waals surface area (Å²) in [5.74, 6) is -0.985. The number of ether oxygens (including phenoxy) is 1. The maximum Gasteiger partial charge on any atom is 0.328 e. The van der Waals surface area contributed by atoms with E-state index in [9.17, 15) is 14.4 Å². The number of aromatic nitrogens is 2. The van der Waals surface area contributed by atoms with Crippen molar-refractivity contribution in [2.45, 2.75) is 6.42 Å².